The molecule has 0 radical (unpaired) electrons. The number of nitrogens with one attached hydrogen (secondary N) is 2. The van der Waals surface area contributed by atoms with Crippen LogP contribution in [0.3, 0.4) is 0 Å². The maximum Gasteiger partial charge on any atom is 0.295 e. The largest absolute Gasteiger partial charge is 0.443 e. The van der Waals surface area contributed by atoms with Crippen LogP contribution in [0.1, 0.15) is 12.5 Å². The number of thioether (sulfide) groups is 1. The lowest BCUT2D eigenvalue weighted by atomic mass is 10.2. The third-order valence-corrected chi connectivity index (χ3v) is 7.09. The van der Waals surface area contributed by atoms with Gasteiger partial charge in [0.05, 0.1) is 5.69 Å². The molecule has 1 heterocycles. The van der Waals surface area contributed by atoms with Gasteiger partial charge >= 0.3 is 0 Å². The van der Waals surface area contributed by atoms with E-state index in [1.807, 2.05) is 30.3 Å². The van der Waals surface area contributed by atoms with Crippen molar-refractivity contribution in [2.75, 3.05) is 10.0 Å². The van der Waals surface area contributed by atoms with E-state index in [0.717, 1.165) is 5.56 Å². The minimum absolute atomic E-state index is 0.144. The molecule has 0 saturated carbocycles. The van der Waals surface area contributed by atoms with Gasteiger partial charge in [0.15, 0.2) is 0 Å². The van der Waals surface area contributed by atoms with Gasteiger partial charge in [-0.3, -0.25) is 9.52 Å². The number of benzene rings is 3. The number of para-hydroxylation sites is 1. The van der Waals surface area contributed by atoms with Crippen molar-refractivity contribution in [3.63, 3.8) is 0 Å². The summed E-state index contributed by atoms with van der Waals surface area (Å²) >= 11 is 7.58. The van der Waals surface area contributed by atoms with E-state index >= 15 is 0 Å². The summed E-state index contributed by atoms with van der Waals surface area (Å²) in [7, 11) is -3.95. The molecule has 0 fully saturated rings. The van der Waals surface area contributed by atoms with E-state index in [0.29, 0.717) is 38.0 Å². The number of carbonyl (C=O) groups is 1. The van der Waals surface area contributed by atoms with Gasteiger partial charge in [-0.1, -0.05) is 41.9 Å². The maximum absolute atomic E-state index is 13.0. The van der Waals surface area contributed by atoms with Gasteiger partial charge in [0.1, 0.15) is 5.58 Å². The van der Waals surface area contributed by atoms with Crippen molar-refractivity contribution in [1.82, 2.24) is 0 Å². The molecule has 4 aromatic rings. The van der Waals surface area contributed by atoms with Crippen LogP contribution in [0, 0.1) is 0 Å². The van der Waals surface area contributed by atoms with Crippen molar-refractivity contribution in [2.24, 2.45) is 0 Å². The second kappa shape index (κ2) is 9.28. The smallest absolute Gasteiger partial charge is 0.295 e. The average Bonchev–Trinajstić information content (AvgIpc) is 3.18. The van der Waals surface area contributed by atoms with Crippen LogP contribution >= 0.6 is 23.4 Å². The Balaban J connectivity index is 1.56. The third kappa shape index (κ3) is 5.27. The van der Waals surface area contributed by atoms with Crippen molar-refractivity contribution in [1.29, 1.82) is 0 Å². The molecule has 0 spiro atoms. The molecule has 6 nitrogen and oxygen atoms in total. The van der Waals surface area contributed by atoms with E-state index in [4.69, 9.17) is 16.0 Å². The molecule has 0 saturated heterocycles. The van der Waals surface area contributed by atoms with Gasteiger partial charge < -0.3 is 9.73 Å². The van der Waals surface area contributed by atoms with E-state index in [1.165, 1.54) is 24.8 Å². The molecule has 0 aliphatic heterocycles. The molecule has 0 unspecified atom stereocenters. The van der Waals surface area contributed by atoms with Crippen molar-refractivity contribution in [2.45, 2.75) is 22.7 Å². The van der Waals surface area contributed by atoms with Crippen LogP contribution in [0.25, 0.3) is 11.0 Å². The van der Waals surface area contributed by atoms with Gasteiger partial charge in [-0.2, -0.15) is 8.42 Å². The number of hydrogen-bond acceptors (Lipinski definition) is 5. The lowest BCUT2D eigenvalue weighted by Crippen LogP contribution is -2.12. The van der Waals surface area contributed by atoms with Gasteiger partial charge in [0, 0.05) is 39.7 Å². The highest BCUT2D eigenvalue weighted by Crippen LogP contribution is 2.34. The SMILES string of the molecule is CC(=O)Nc1cccc(CSc2ccc(Cl)cc2NS(=O)(=O)c2cc3ccccc3o2)c1. The van der Waals surface area contributed by atoms with Crippen LogP contribution in [0.15, 0.2) is 87.2 Å². The molecular formula is C23H19ClN2O4S2. The van der Waals surface area contributed by atoms with Crippen LogP contribution < -0.4 is 10.0 Å². The zero-order valence-corrected chi connectivity index (χ0v) is 19.4. The molecule has 32 heavy (non-hydrogen) atoms. The number of rotatable bonds is 7. The van der Waals surface area contributed by atoms with E-state index < -0.39 is 10.0 Å². The number of halogens is 1. The summed E-state index contributed by atoms with van der Waals surface area (Å²) in [5.74, 6) is 0.420. The van der Waals surface area contributed by atoms with E-state index in [1.54, 1.807) is 36.4 Å². The Morgan fingerprint density at radius 1 is 1.03 bits per heavy atom. The van der Waals surface area contributed by atoms with Crippen molar-refractivity contribution >= 4 is 61.6 Å². The summed E-state index contributed by atoms with van der Waals surface area (Å²) in [4.78, 5) is 12.0. The Labute approximate surface area is 195 Å². The lowest BCUT2D eigenvalue weighted by Gasteiger charge is -2.12. The topological polar surface area (TPSA) is 88.4 Å². The Hall–Kier alpha value is -2.94. The molecule has 1 aromatic heterocycles. The quantitative estimate of drug-likeness (QED) is 0.306. The molecule has 0 bridgehead atoms. The zero-order chi connectivity index (χ0) is 22.7. The van der Waals surface area contributed by atoms with E-state index in [-0.39, 0.29) is 11.0 Å². The zero-order valence-electron chi connectivity index (χ0n) is 17.0. The predicted octanol–water partition coefficient (Wildman–Crippen LogP) is 6.14. The molecule has 2 N–H and O–H groups in total. The Kier molecular flexibility index (Phi) is 6.45. The summed E-state index contributed by atoms with van der Waals surface area (Å²) in [6.07, 6.45) is 0. The number of hydrogen-bond donors (Lipinski definition) is 2. The summed E-state index contributed by atoms with van der Waals surface area (Å²) < 4.78 is 34.0. The summed E-state index contributed by atoms with van der Waals surface area (Å²) in [6.45, 7) is 1.45. The van der Waals surface area contributed by atoms with Gasteiger partial charge in [0.2, 0.25) is 11.0 Å². The molecule has 0 aliphatic rings. The van der Waals surface area contributed by atoms with Crippen LogP contribution in [-0.2, 0) is 20.6 Å². The Morgan fingerprint density at radius 2 is 1.84 bits per heavy atom. The number of fused-ring (bicyclic) bond motifs is 1. The molecule has 0 aliphatic carbocycles. The number of amides is 1. The summed E-state index contributed by atoms with van der Waals surface area (Å²) in [5.41, 5.74) is 2.54. The van der Waals surface area contributed by atoms with Crippen LogP contribution in [0.5, 0.6) is 0 Å². The molecular weight excluding hydrogens is 468 g/mol. The molecule has 3 aromatic carbocycles. The predicted molar refractivity (Wildman–Crippen MR) is 129 cm³/mol. The van der Waals surface area contributed by atoms with Gasteiger partial charge in [0.25, 0.3) is 10.0 Å². The Morgan fingerprint density at radius 3 is 2.62 bits per heavy atom. The summed E-state index contributed by atoms with van der Waals surface area (Å²) in [5, 5.41) is 3.69. The fraction of sp³-hybridized carbons (Fsp3) is 0.0870. The number of furan rings is 1. The maximum atomic E-state index is 13.0. The minimum Gasteiger partial charge on any atom is -0.443 e. The van der Waals surface area contributed by atoms with E-state index in [2.05, 4.69) is 10.0 Å². The van der Waals surface area contributed by atoms with E-state index in [9.17, 15) is 13.2 Å². The highest BCUT2D eigenvalue weighted by molar-refractivity contribution is 7.98. The second-order valence-corrected chi connectivity index (χ2v) is 10.1. The second-order valence-electron chi connectivity index (χ2n) is 7.02. The van der Waals surface area contributed by atoms with Crippen molar-refractivity contribution in [3.8, 4) is 0 Å². The molecule has 1 amide bonds. The Bertz CT molecular complexity index is 1370. The monoisotopic (exact) mass is 486 g/mol. The number of anilines is 2. The van der Waals surface area contributed by atoms with Gasteiger partial charge in [-0.05, 0) is 42.0 Å². The molecule has 4 rings (SSSR count). The van der Waals surface area contributed by atoms with Gasteiger partial charge in [-0.25, -0.2) is 0 Å². The normalized spacial score (nSPS) is 11.4. The highest BCUT2D eigenvalue weighted by atomic mass is 35.5. The van der Waals surface area contributed by atoms with Crippen LogP contribution in [-0.4, -0.2) is 14.3 Å². The number of carbonyl (C=O) groups excluding carboxylic acids is 1. The number of sulfonamides is 1. The minimum atomic E-state index is -3.95. The standard InChI is InChI=1S/C23H19ClN2O4S2/c1-15(27)25-19-7-4-5-16(11-19)14-31-22-10-9-18(24)13-20(22)26-32(28,29)23-12-17-6-2-3-8-21(17)30-23/h2-13,26H,14H2,1H3,(H,25,27). The molecule has 164 valence electrons. The first-order valence-electron chi connectivity index (χ1n) is 9.60. The first-order valence-corrected chi connectivity index (χ1v) is 12.5. The average molecular weight is 487 g/mol. The summed E-state index contributed by atoms with van der Waals surface area (Å²) in [6, 6.07) is 21.1. The first-order chi connectivity index (χ1) is 15.3. The van der Waals surface area contributed by atoms with Gasteiger partial charge in [-0.15, -0.1) is 11.8 Å². The lowest BCUT2D eigenvalue weighted by molar-refractivity contribution is -0.114. The first kappa shape index (κ1) is 22.3. The third-order valence-electron chi connectivity index (χ3n) is 4.50. The van der Waals surface area contributed by atoms with Crippen molar-refractivity contribution in [3.05, 3.63) is 83.4 Å². The van der Waals surface area contributed by atoms with Crippen LogP contribution in [0.2, 0.25) is 5.02 Å². The fourth-order valence-corrected chi connectivity index (χ4v) is 5.30. The van der Waals surface area contributed by atoms with Crippen molar-refractivity contribution < 1.29 is 17.6 Å². The molecule has 9 heteroatoms. The molecule has 0 atom stereocenters. The van der Waals surface area contributed by atoms with Crippen LogP contribution in [0.4, 0.5) is 11.4 Å². The highest BCUT2D eigenvalue weighted by Gasteiger charge is 2.21. The fourth-order valence-electron chi connectivity index (χ4n) is 3.10.